The van der Waals surface area contributed by atoms with Crippen molar-refractivity contribution in [2.24, 2.45) is 0 Å². The molecule has 1 unspecified atom stereocenters. The smallest absolute Gasteiger partial charge is 0.264 e. The van der Waals surface area contributed by atoms with Gasteiger partial charge in [0, 0.05) is 11.4 Å². The lowest BCUT2D eigenvalue weighted by Crippen LogP contribution is -2.25. The standard InChI is InChI=1S/C22H16Cl2N6O/c1-12(27-19-18-20(26-11-25-19)29-22(24)28-18)16-10-13-6-5-9-15(23)17(13)21(31)30(16)14-7-3-2-4-8-14/h2-12H,1H3,(H2,25,26,27,28,29). The number of halogens is 2. The second kappa shape index (κ2) is 7.68. The van der Waals surface area contributed by atoms with Crippen LogP contribution in [0, 0.1) is 0 Å². The van der Waals surface area contributed by atoms with Crippen LogP contribution in [0.25, 0.3) is 27.6 Å². The zero-order valence-corrected chi connectivity index (χ0v) is 17.8. The van der Waals surface area contributed by atoms with E-state index in [2.05, 4.69) is 25.3 Å². The molecule has 0 bridgehead atoms. The number of imidazole rings is 1. The summed E-state index contributed by atoms with van der Waals surface area (Å²) in [6, 6.07) is 16.6. The van der Waals surface area contributed by atoms with E-state index >= 15 is 0 Å². The lowest BCUT2D eigenvalue weighted by molar-refractivity contribution is 0.774. The van der Waals surface area contributed by atoms with Gasteiger partial charge in [-0.15, -0.1) is 0 Å². The van der Waals surface area contributed by atoms with Gasteiger partial charge in [0.05, 0.1) is 16.5 Å². The van der Waals surface area contributed by atoms with E-state index in [1.54, 1.807) is 10.6 Å². The monoisotopic (exact) mass is 450 g/mol. The van der Waals surface area contributed by atoms with Crippen molar-refractivity contribution in [2.45, 2.75) is 13.0 Å². The first-order chi connectivity index (χ1) is 15.0. The zero-order valence-electron chi connectivity index (χ0n) is 16.3. The second-order valence-corrected chi connectivity index (χ2v) is 7.83. The summed E-state index contributed by atoms with van der Waals surface area (Å²) in [7, 11) is 0. The molecule has 2 N–H and O–H groups in total. The number of benzene rings is 2. The Kier molecular flexibility index (Phi) is 4.84. The number of aromatic amines is 1. The number of anilines is 1. The Bertz CT molecular complexity index is 1480. The highest BCUT2D eigenvalue weighted by Gasteiger charge is 2.19. The molecule has 1 atom stereocenters. The van der Waals surface area contributed by atoms with Crippen LogP contribution in [0.3, 0.4) is 0 Å². The van der Waals surface area contributed by atoms with Gasteiger partial charge in [-0.2, -0.15) is 4.98 Å². The number of para-hydroxylation sites is 1. The van der Waals surface area contributed by atoms with Crippen LogP contribution in [0.2, 0.25) is 10.3 Å². The average Bonchev–Trinajstić information content (AvgIpc) is 3.15. The Morgan fingerprint density at radius 3 is 2.68 bits per heavy atom. The summed E-state index contributed by atoms with van der Waals surface area (Å²) in [5, 5.41) is 5.26. The molecular weight excluding hydrogens is 435 g/mol. The van der Waals surface area contributed by atoms with Crippen LogP contribution < -0.4 is 10.9 Å². The van der Waals surface area contributed by atoms with Gasteiger partial charge in [0.1, 0.15) is 11.8 Å². The molecule has 0 aliphatic rings. The highest BCUT2D eigenvalue weighted by atomic mass is 35.5. The lowest BCUT2D eigenvalue weighted by atomic mass is 10.1. The normalized spacial score (nSPS) is 12.4. The van der Waals surface area contributed by atoms with Gasteiger partial charge in [-0.25, -0.2) is 9.97 Å². The van der Waals surface area contributed by atoms with Crippen molar-refractivity contribution in [1.82, 2.24) is 24.5 Å². The first-order valence-electron chi connectivity index (χ1n) is 9.55. The van der Waals surface area contributed by atoms with Crippen molar-refractivity contribution in [3.63, 3.8) is 0 Å². The fraction of sp³-hybridized carbons (Fsp3) is 0.0909. The fourth-order valence-corrected chi connectivity index (χ4v) is 4.13. The molecule has 5 rings (SSSR count). The number of hydrogen-bond donors (Lipinski definition) is 2. The van der Waals surface area contributed by atoms with Gasteiger partial charge < -0.3 is 10.3 Å². The number of aromatic nitrogens is 5. The molecule has 3 heterocycles. The molecule has 3 aromatic heterocycles. The van der Waals surface area contributed by atoms with Crippen molar-refractivity contribution in [3.05, 3.63) is 87.3 Å². The molecule has 7 nitrogen and oxygen atoms in total. The van der Waals surface area contributed by atoms with E-state index in [1.807, 2.05) is 55.5 Å². The molecule has 0 saturated heterocycles. The molecule has 0 amide bonds. The van der Waals surface area contributed by atoms with E-state index in [0.29, 0.717) is 27.4 Å². The molecule has 9 heteroatoms. The van der Waals surface area contributed by atoms with Crippen LogP contribution in [0.1, 0.15) is 18.7 Å². The molecular formula is C22H16Cl2N6O. The minimum absolute atomic E-state index is 0.185. The summed E-state index contributed by atoms with van der Waals surface area (Å²) >= 11 is 12.4. The number of fused-ring (bicyclic) bond motifs is 2. The van der Waals surface area contributed by atoms with Gasteiger partial charge in [0.2, 0.25) is 5.28 Å². The summed E-state index contributed by atoms with van der Waals surface area (Å²) in [6.07, 6.45) is 1.42. The van der Waals surface area contributed by atoms with E-state index in [4.69, 9.17) is 23.2 Å². The number of pyridine rings is 1. The van der Waals surface area contributed by atoms with E-state index in [9.17, 15) is 4.79 Å². The zero-order chi connectivity index (χ0) is 21.5. The van der Waals surface area contributed by atoms with Crippen molar-refractivity contribution >= 4 is 51.0 Å². The van der Waals surface area contributed by atoms with Crippen LogP contribution in [0.5, 0.6) is 0 Å². The highest BCUT2D eigenvalue weighted by molar-refractivity contribution is 6.35. The third kappa shape index (κ3) is 3.41. The van der Waals surface area contributed by atoms with E-state index < -0.39 is 0 Å². The molecule has 0 aliphatic heterocycles. The van der Waals surface area contributed by atoms with E-state index in [1.165, 1.54) is 6.33 Å². The van der Waals surface area contributed by atoms with Gasteiger partial charge >= 0.3 is 0 Å². The van der Waals surface area contributed by atoms with Crippen LogP contribution >= 0.6 is 23.2 Å². The predicted molar refractivity (Wildman–Crippen MR) is 123 cm³/mol. The molecule has 5 aromatic rings. The third-order valence-corrected chi connectivity index (χ3v) is 5.59. The summed E-state index contributed by atoms with van der Waals surface area (Å²) < 4.78 is 1.67. The molecule has 2 aromatic carbocycles. The van der Waals surface area contributed by atoms with Gasteiger partial charge in [0.15, 0.2) is 11.5 Å². The average molecular weight is 451 g/mol. The quantitative estimate of drug-likeness (QED) is 0.370. The Balaban J connectivity index is 1.70. The first kappa shape index (κ1) is 19.5. The summed E-state index contributed by atoms with van der Waals surface area (Å²) in [5.74, 6) is 0.537. The van der Waals surface area contributed by atoms with Crippen LogP contribution in [0.15, 0.2) is 65.7 Å². The van der Waals surface area contributed by atoms with Crippen molar-refractivity contribution in [1.29, 1.82) is 0 Å². The Labute approximate surface area is 186 Å². The summed E-state index contributed by atoms with van der Waals surface area (Å²) in [6.45, 7) is 1.95. The Morgan fingerprint density at radius 2 is 1.87 bits per heavy atom. The minimum atomic E-state index is -0.295. The molecule has 31 heavy (non-hydrogen) atoms. The summed E-state index contributed by atoms with van der Waals surface area (Å²) in [5.41, 5.74) is 2.37. The Hall–Kier alpha value is -3.42. The number of hydrogen-bond acceptors (Lipinski definition) is 5. The minimum Gasteiger partial charge on any atom is -0.360 e. The van der Waals surface area contributed by atoms with Gasteiger partial charge in [-0.1, -0.05) is 41.9 Å². The van der Waals surface area contributed by atoms with Crippen molar-refractivity contribution in [3.8, 4) is 5.69 Å². The van der Waals surface area contributed by atoms with Crippen LogP contribution in [-0.4, -0.2) is 24.5 Å². The third-order valence-electron chi connectivity index (χ3n) is 5.10. The van der Waals surface area contributed by atoms with E-state index in [0.717, 1.165) is 16.8 Å². The molecule has 0 saturated carbocycles. The number of nitrogens with zero attached hydrogens (tertiary/aromatic N) is 4. The van der Waals surface area contributed by atoms with Crippen molar-refractivity contribution < 1.29 is 0 Å². The largest absolute Gasteiger partial charge is 0.360 e. The molecule has 154 valence electrons. The topological polar surface area (TPSA) is 88.5 Å². The SMILES string of the molecule is CC(Nc1ncnc2nc(Cl)[nH]c12)c1cc2cccc(Cl)c2c(=O)n1-c1ccccc1. The molecule has 0 spiro atoms. The van der Waals surface area contributed by atoms with Crippen LogP contribution in [0.4, 0.5) is 5.82 Å². The highest BCUT2D eigenvalue weighted by Crippen LogP contribution is 2.28. The lowest BCUT2D eigenvalue weighted by Gasteiger charge is -2.21. The summed E-state index contributed by atoms with van der Waals surface area (Å²) in [4.78, 5) is 29.1. The molecule has 0 radical (unpaired) electrons. The van der Waals surface area contributed by atoms with E-state index in [-0.39, 0.29) is 16.9 Å². The first-order valence-corrected chi connectivity index (χ1v) is 10.3. The maximum absolute atomic E-state index is 13.5. The van der Waals surface area contributed by atoms with Gasteiger partial charge in [0.25, 0.3) is 5.56 Å². The maximum atomic E-state index is 13.5. The number of H-pyrrole nitrogens is 1. The fourth-order valence-electron chi connectivity index (χ4n) is 3.69. The number of nitrogens with one attached hydrogen (secondary N) is 2. The molecule has 0 aliphatic carbocycles. The van der Waals surface area contributed by atoms with Crippen LogP contribution in [-0.2, 0) is 0 Å². The maximum Gasteiger partial charge on any atom is 0.264 e. The van der Waals surface area contributed by atoms with Crippen molar-refractivity contribution in [2.75, 3.05) is 5.32 Å². The van der Waals surface area contributed by atoms with Gasteiger partial charge in [-0.05, 0) is 48.2 Å². The van der Waals surface area contributed by atoms with Gasteiger partial charge in [-0.3, -0.25) is 9.36 Å². The molecule has 0 fully saturated rings. The Morgan fingerprint density at radius 1 is 1.06 bits per heavy atom. The predicted octanol–water partition coefficient (Wildman–Crippen LogP) is 5.14. The second-order valence-electron chi connectivity index (χ2n) is 7.06. The number of rotatable bonds is 4.